The van der Waals surface area contributed by atoms with Gasteiger partial charge in [0.15, 0.2) is 0 Å². The van der Waals surface area contributed by atoms with Crippen molar-refractivity contribution < 1.29 is 0 Å². The highest BCUT2D eigenvalue weighted by Gasteiger charge is 1.93. The fourth-order valence-corrected chi connectivity index (χ4v) is 0.440. The van der Waals surface area contributed by atoms with Crippen LogP contribution in [0.15, 0.2) is 36.5 Å². The zero-order chi connectivity index (χ0) is 7.98. The Labute approximate surface area is 64.0 Å². The monoisotopic (exact) mass is 134 g/mol. The zero-order valence-electron chi connectivity index (χ0n) is 6.72. The van der Waals surface area contributed by atoms with Crippen molar-refractivity contribution in [3.63, 3.8) is 0 Å². The SMILES string of the molecule is C=C(C)[CH+]/C=C/[CH+]C(=C)C. The second-order valence-corrected chi connectivity index (χ2v) is 2.41. The molecule has 0 aliphatic heterocycles. The van der Waals surface area contributed by atoms with Gasteiger partial charge in [-0.2, -0.15) is 0 Å². The highest BCUT2D eigenvalue weighted by Crippen LogP contribution is 1.98. The lowest BCUT2D eigenvalue weighted by Gasteiger charge is -1.77. The Morgan fingerprint density at radius 3 is 1.50 bits per heavy atom. The van der Waals surface area contributed by atoms with Gasteiger partial charge in [-0.05, 0) is 27.0 Å². The first-order valence-electron chi connectivity index (χ1n) is 3.28. The highest BCUT2D eigenvalue weighted by molar-refractivity contribution is 5.22. The van der Waals surface area contributed by atoms with Gasteiger partial charge in [-0.1, -0.05) is 0 Å². The summed E-state index contributed by atoms with van der Waals surface area (Å²) >= 11 is 0. The van der Waals surface area contributed by atoms with E-state index in [2.05, 4.69) is 13.2 Å². The minimum atomic E-state index is 1.06. The lowest BCUT2D eigenvalue weighted by Crippen LogP contribution is -1.71. The van der Waals surface area contributed by atoms with Crippen molar-refractivity contribution >= 4 is 0 Å². The molecule has 0 aliphatic carbocycles. The van der Waals surface area contributed by atoms with E-state index in [0.29, 0.717) is 0 Å². The molecule has 0 aromatic carbocycles. The van der Waals surface area contributed by atoms with Crippen molar-refractivity contribution in [2.45, 2.75) is 13.8 Å². The van der Waals surface area contributed by atoms with Crippen molar-refractivity contribution in [3.8, 4) is 0 Å². The molecule has 0 aliphatic rings. The van der Waals surface area contributed by atoms with E-state index in [1.165, 1.54) is 0 Å². The summed E-state index contributed by atoms with van der Waals surface area (Å²) in [7, 11) is 0. The highest BCUT2D eigenvalue weighted by atomic mass is 13.9. The van der Waals surface area contributed by atoms with Crippen molar-refractivity contribution in [2.75, 3.05) is 0 Å². The van der Waals surface area contributed by atoms with Crippen LogP contribution in [-0.4, -0.2) is 0 Å². The van der Waals surface area contributed by atoms with Crippen molar-refractivity contribution in [1.82, 2.24) is 0 Å². The fraction of sp³-hybridized carbons (Fsp3) is 0.200. The predicted octanol–water partition coefficient (Wildman–Crippen LogP) is 3.10. The number of allylic oxidation sites excluding steroid dienone is 4. The van der Waals surface area contributed by atoms with Crippen LogP contribution < -0.4 is 0 Å². The number of rotatable bonds is 4. The van der Waals surface area contributed by atoms with Crippen LogP contribution in [0.5, 0.6) is 0 Å². The molecule has 0 fully saturated rings. The largest absolute Gasteiger partial charge is 0.133 e. The summed E-state index contributed by atoms with van der Waals surface area (Å²) in [6.07, 6.45) is 7.83. The summed E-state index contributed by atoms with van der Waals surface area (Å²) in [6.45, 7) is 11.4. The number of hydrogen-bond donors (Lipinski definition) is 0. The van der Waals surface area contributed by atoms with E-state index in [1.807, 2.05) is 38.8 Å². The Balaban J connectivity index is 3.38. The summed E-state index contributed by atoms with van der Waals surface area (Å²) in [5.74, 6) is 0. The Hall–Kier alpha value is -1.04. The van der Waals surface area contributed by atoms with Crippen LogP contribution in [0.3, 0.4) is 0 Å². The molecular formula is C10H14+2. The smallest absolute Gasteiger partial charge is 0.0138 e. The topological polar surface area (TPSA) is 0 Å². The minimum absolute atomic E-state index is 1.06. The van der Waals surface area contributed by atoms with Crippen molar-refractivity contribution in [2.24, 2.45) is 0 Å². The lowest BCUT2D eigenvalue weighted by molar-refractivity contribution is 1.43. The predicted molar refractivity (Wildman–Crippen MR) is 47.4 cm³/mol. The van der Waals surface area contributed by atoms with Crippen molar-refractivity contribution in [3.05, 3.63) is 49.3 Å². The first-order valence-corrected chi connectivity index (χ1v) is 3.28. The average molecular weight is 134 g/mol. The first-order chi connectivity index (χ1) is 4.63. The third kappa shape index (κ3) is 6.96. The fourth-order valence-electron chi connectivity index (χ4n) is 0.440. The molecular weight excluding hydrogens is 120 g/mol. The average Bonchev–Trinajstić information content (AvgIpc) is 1.79. The van der Waals surface area contributed by atoms with Crippen LogP contribution in [0.2, 0.25) is 0 Å². The Morgan fingerprint density at radius 1 is 1.00 bits per heavy atom. The van der Waals surface area contributed by atoms with E-state index in [4.69, 9.17) is 0 Å². The molecule has 0 saturated carbocycles. The molecule has 0 aromatic rings. The number of hydrogen-bond acceptors (Lipinski definition) is 0. The van der Waals surface area contributed by atoms with Gasteiger partial charge in [0, 0.05) is 0 Å². The molecule has 0 spiro atoms. The van der Waals surface area contributed by atoms with E-state index in [1.54, 1.807) is 0 Å². The standard InChI is InChI=1S/C10H14/c1-9(2)7-5-6-8-10(3)4/h5-8H,1,3H2,2,4H3/q+2/b6-5+. The van der Waals surface area contributed by atoms with E-state index >= 15 is 0 Å². The first kappa shape index (κ1) is 8.96. The zero-order valence-corrected chi connectivity index (χ0v) is 6.72. The van der Waals surface area contributed by atoms with Crippen LogP contribution in [0.1, 0.15) is 13.8 Å². The van der Waals surface area contributed by atoms with Gasteiger partial charge in [0.05, 0.1) is 24.0 Å². The molecule has 0 heterocycles. The van der Waals surface area contributed by atoms with E-state index < -0.39 is 0 Å². The lowest BCUT2D eigenvalue weighted by atomic mass is 10.2. The molecule has 0 rings (SSSR count). The van der Waals surface area contributed by atoms with Gasteiger partial charge in [0.2, 0.25) is 0 Å². The molecule has 52 valence electrons. The van der Waals surface area contributed by atoms with Crippen LogP contribution >= 0.6 is 0 Å². The molecule has 10 heavy (non-hydrogen) atoms. The molecule has 0 saturated heterocycles. The maximum atomic E-state index is 3.73. The van der Waals surface area contributed by atoms with Gasteiger partial charge in [-0.15, -0.1) is 0 Å². The van der Waals surface area contributed by atoms with Gasteiger partial charge in [-0.25, -0.2) is 0 Å². The van der Waals surface area contributed by atoms with E-state index in [-0.39, 0.29) is 0 Å². The maximum absolute atomic E-state index is 3.73. The van der Waals surface area contributed by atoms with Gasteiger partial charge in [0.25, 0.3) is 0 Å². The normalized spacial score (nSPS) is 9.40. The van der Waals surface area contributed by atoms with Gasteiger partial charge >= 0.3 is 0 Å². The maximum Gasteiger partial charge on any atom is 0.133 e. The van der Waals surface area contributed by atoms with Crippen LogP contribution in [0.25, 0.3) is 0 Å². The molecule has 0 atom stereocenters. The van der Waals surface area contributed by atoms with E-state index in [9.17, 15) is 0 Å². The summed E-state index contributed by atoms with van der Waals surface area (Å²) < 4.78 is 0. The molecule has 0 amide bonds. The molecule has 0 nitrogen and oxygen atoms in total. The van der Waals surface area contributed by atoms with E-state index in [0.717, 1.165) is 11.1 Å². The molecule has 0 heteroatoms. The quantitative estimate of drug-likeness (QED) is 0.518. The second-order valence-electron chi connectivity index (χ2n) is 2.41. The van der Waals surface area contributed by atoms with Crippen molar-refractivity contribution in [1.29, 1.82) is 0 Å². The van der Waals surface area contributed by atoms with Gasteiger partial charge < -0.3 is 0 Å². The van der Waals surface area contributed by atoms with Crippen LogP contribution in [0, 0.1) is 12.8 Å². The molecule has 0 unspecified atom stereocenters. The van der Waals surface area contributed by atoms with Gasteiger partial charge in [-0.3, -0.25) is 0 Å². The molecule has 0 radical (unpaired) electrons. The Kier molecular flexibility index (Phi) is 4.30. The second kappa shape index (κ2) is 4.80. The summed E-state index contributed by atoms with van der Waals surface area (Å²) in [6, 6.07) is 0. The Bertz CT molecular complexity index is 131. The van der Waals surface area contributed by atoms with Gasteiger partial charge in [0.1, 0.15) is 12.2 Å². The summed E-state index contributed by atoms with van der Waals surface area (Å²) in [5, 5.41) is 0. The van der Waals surface area contributed by atoms with Crippen LogP contribution in [0.4, 0.5) is 0 Å². The van der Waals surface area contributed by atoms with Crippen LogP contribution in [-0.2, 0) is 0 Å². The molecule has 0 aromatic heterocycles. The summed E-state index contributed by atoms with van der Waals surface area (Å²) in [5.41, 5.74) is 2.12. The minimum Gasteiger partial charge on any atom is -0.0138 e. The molecule has 0 N–H and O–H groups in total. The third-order valence-electron chi connectivity index (χ3n) is 0.873. The molecule has 0 bridgehead atoms. The summed E-state index contributed by atoms with van der Waals surface area (Å²) in [4.78, 5) is 0. The Morgan fingerprint density at radius 2 is 1.30 bits per heavy atom. The third-order valence-corrected chi connectivity index (χ3v) is 0.873.